The summed E-state index contributed by atoms with van der Waals surface area (Å²) < 4.78 is 5.10. The van der Waals surface area contributed by atoms with Gasteiger partial charge in [0.15, 0.2) is 0 Å². The Morgan fingerprint density at radius 2 is 2.00 bits per heavy atom. The van der Waals surface area contributed by atoms with Crippen LogP contribution in [0.2, 0.25) is 0 Å². The smallest absolute Gasteiger partial charge is 0.345 e. The molecule has 0 saturated carbocycles. The van der Waals surface area contributed by atoms with Gasteiger partial charge in [0, 0.05) is 11.9 Å². The van der Waals surface area contributed by atoms with Gasteiger partial charge >= 0.3 is 5.97 Å². The van der Waals surface area contributed by atoms with Crippen LogP contribution < -0.4 is 10.5 Å². The second-order valence-corrected chi connectivity index (χ2v) is 3.17. The van der Waals surface area contributed by atoms with E-state index in [2.05, 4.69) is 4.98 Å². The number of ether oxygens (including phenoxy) is 1. The van der Waals surface area contributed by atoms with Gasteiger partial charge in [0.2, 0.25) is 0 Å². The molecule has 0 aliphatic rings. The number of nitrogens with two attached hydrogens (primary N) is 1. The second-order valence-electron chi connectivity index (χ2n) is 3.17. The average Bonchev–Trinajstić information content (AvgIpc) is 2.31. The van der Waals surface area contributed by atoms with Crippen molar-refractivity contribution < 1.29 is 9.53 Å². The van der Waals surface area contributed by atoms with Gasteiger partial charge in [-0.25, -0.2) is 4.79 Å². The maximum absolute atomic E-state index is 11.7. The van der Waals surface area contributed by atoms with E-state index >= 15 is 0 Å². The van der Waals surface area contributed by atoms with Crippen molar-refractivity contribution in [3.8, 4) is 5.75 Å². The monoisotopic (exact) mass is 214 g/mol. The SMILES string of the molecule is Nc1ccccc1C(=O)Oc1cccnc1. The zero-order valence-corrected chi connectivity index (χ0v) is 8.46. The molecule has 16 heavy (non-hydrogen) atoms. The van der Waals surface area contributed by atoms with Crippen LogP contribution in [0.15, 0.2) is 48.8 Å². The van der Waals surface area contributed by atoms with E-state index in [1.807, 2.05) is 0 Å². The number of nitrogen functional groups attached to an aromatic ring is 1. The van der Waals surface area contributed by atoms with Crippen LogP contribution in [-0.4, -0.2) is 11.0 Å². The first-order chi connectivity index (χ1) is 7.77. The van der Waals surface area contributed by atoms with E-state index in [4.69, 9.17) is 10.5 Å². The van der Waals surface area contributed by atoms with Crippen LogP contribution in [0.25, 0.3) is 0 Å². The number of rotatable bonds is 2. The third-order valence-electron chi connectivity index (χ3n) is 2.03. The highest BCUT2D eigenvalue weighted by atomic mass is 16.5. The van der Waals surface area contributed by atoms with E-state index in [-0.39, 0.29) is 0 Å². The molecule has 0 fully saturated rings. The lowest BCUT2D eigenvalue weighted by Crippen LogP contribution is -2.10. The number of hydrogen-bond acceptors (Lipinski definition) is 4. The number of carbonyl (C=O) groups excluding carboxylic acids is 1. The predicted molar refractivity (Wildman–Crippen MR) is 60.0 cm³/mol. The summed E-state index contributed by atoms with van der Waals surface area (Å²) in [6.07, 6.45) is 3.07. The zero-order chi connectivity index (χ0) is 11.4. The number of aromatic nitrogens is 1. The number of benzene rings is 1. The van der Waals surface area contributed by atoms with Gasteiger partial charge in [0.1, 0.15) is 5.75 Å². The third-order valence-corrected chi connectivity index (χ3v) is 2.03. The van der Waals surface area contributed by atoms with Crippen LogP contribution in [0, 0.1) is 0 Å². The zero-order valence-electron chi connectivity index (χ0n) is 8.46. The normalized spacial score (nSPS) is 9.75. The summed E-state index contributed by atoms with van der Waals surface area (Å²) >= 11 is 0. The summed E-state index contributed by atoms with van der Waals surface area (Å²) in [6.45, 7) is 0. The number of esters is 1. The molecule has 2 N–H and O–H groups in total. The van der Waals surface area contributed by atoms with Crippen LogP contribution >= 0.6 is 0 Å². The molecule has 0 saturated heterocycles. The van der Waals surface area contributed by atoms with Crippen LogP contribution in [0.4, 0.5) is 5.69 Å². The van der Waals surface area contributed by atoms with Crippen molar-refractivity contribution in [2.75, 3.05) is 5.73 Å². The minimum absolute atomic E-state index is 0.353. The number of pyridine rings is 1. The standard InChI is InChI=1S/C12H10N2O2/c13-11-6-2-1-5-10(11)12(15)16-9-4-3-7-14-8-9/h1-8H,13H2. The van der Waals surface area contributed by atoms with Crippen molar-refractivity contribution in [3.63, 3.8) is 0 Å². The molecule has 0 unspecified atom stereocenters. The van der Waals surface area contributed by atoms with E-state index in [0.717, 1.165) is 0 Å². The topological polar surface area (TPSA) is 65.2 Å². The van der Waals surface area contributed by atoms with Gasteiger partial charge in [-0.15, -0.1) is 0 Å². The Balaban J connectivity index is 2.19. The van der Waals surface area contributed by atoms with Gasteiger partial charge < -0.3 is 10.5 Å². The van der Waals surface area contributed by atoms with Gasteiger partial charge in [0.25, 0.3) is 0 Å². The average molecular weight is 214 g/mol. The molecular weight excluding hydrogens is 204 g/mol. The maximum atomic E-state index is 11.7. The van der Waals surface area contributed by atoms with Gasteiger partial charge in [-0.05, 0) is 24.3 Å². The van der Waals surface area contributed by atoms with Gasteiger partial charge in [0.05, 0.1) is 11.8 Å². The number of hydrogen-bond donors (Lipinski definition) is 1. The van der Waals surface area contributed by atoms with E-state index in [0.29, 0.717) is 17.0 Å². The molecule has 0 bridgehead atoms. The number of anilines is 1. The summed E-state index contributed by atoms with van der Waals surface area (Å²) in [4.78, 5) is 15.6. The summed E-state index contributed by atoms with van der Waals surface area (Å²) in [5, 5.41) is 0. The Kier molecular flexibility index (Phi) is 2.82. The number of nitrogens with zero attached hydrogens (tertiary/aromatic N) is 1. The van der Waals surface area contributed by atoms with Crippen LogP contribution in [0.1, 0.15) is 10.4 Å². The highest BCUT2D eigenvalue weighted by molar-refractivity contribution is 5.96. The fourth-order valence-corrected chi connectivity index (χ4v) is 1.25. The minimum Gasteiger partial charge on any atom is -0.421 e. The van der Waals surface area contributed by atoms with Crippen molar-refractivity contribution in [2.24, 2.45) is 0 Å². The van der Waals surface area contributed by atoms with Gasteiger partial charge in [-0.3, -0.25) is 4.98 Å². The largest absolute Gasteiger partial charge is 0.421 e. The summed E-state index contributed by atoms with van der Waals surface area (Å²) in [6, 6.07) is 10.1. The summed E-state index contributed by atoms with van der Waals surface area (Å²) in [7, 11) is 0. The molecule has 0 aliphatic heterocycles. The molecule has 2 rings (SSSR count). The minimum atomic E-state index is -0.480. The fraction of sp³-hybridized carbons (Fsp3) is 0. The van der Waals surface area contributed by atoms with E-state index in [1.54, 1.807) is 42.6 Å². The predicted octanol–water partition coefficient (Wildman–Crippen LogP) is 1.88. The molecule has 0 aliphatic carbocycles. The highest BCUT2D eigenvalue weighted by Crippen LogP contribution is 2.14. The molecular formula is C12H10N2O2. The molecule has 1 heterocycles. The van der Waals surface area contributed by atoms with Crippen LogP contribution in [0.3, 0.4) is 0 Å². The fourth-order valence-electron chi connectivity index (χ4n) is 1.25. The maximum Gasteiger partial charge on any atom is 0.345 e. The molecule has 80 valence electrons. The molecule has 0 atom stereocenters. The number of para-hydroxylation sites is 1. The van der Waals surface area contributed by atoms with Crippen molar-refractivity contribution in [1.29, 1.82) is 0 Å². The van der Waals surface area contributed by atoms with Crippen molar-refractivity contribution in [1.82, 2.24) is 4.98 Å². The van der Waals surface area contributed by atoms with Crippen LogP contribution in [-0.2, 0) is 0 Å². The Labute approximate surface area is 92.7 Å². The Morgan fingerprint density at radius 3 is 2.69 bits per heavy atom. The third kappa shape index (κ3) is 2.17. The Hall–Kier alpha value is -2.36. The van der Waals surface area contributed by atoms with Crippen LogP contribution in [0.5, 0.6) is 5.75 Å². The van der Waals surface area contributed by atoms with E-state index < -0.39 is 5.97 Å². The second kappa shape index (κ2) is 4.44. The molecule has 4 nitrogen and oxygen atoms in total. The van der Waals surface area contributed by atoms with Crippen molar-refractivity contribution in [2.45, 2.75) is 0 Å². The molecule has 4 heteroatoms. The molecule has 2 aromatic rings. The van der Waals surface area contributed by atoms with Crippen molar-refractivity contribution in [3.05, 3.63) is 54.4 Å². The first-order valence-corrected chi connectivity index (χ1v) is 4.74. The molecule has 0 amide bonds. The highest BCUT2D eigenvalue weighted by Gasteiger charge is 2.10. The van der Waals surface area contributed by atoms with E-state index in [1.165, 1.54) is 6.20 Å². The molecule has 0 radical (unpaired) electrons. The quantitative estimate of drug-likeness (QED) is 0.612. The van der Waals surface area contributed by atoms with Gasteiger partial charge in [-0.2, -0.15) is 0 Å². The molecule has 1 aromatic heterocycles. The molecule has 0 spiro atoms. The van der Waals surface area contributed by atoms with Gasteiger partial charge in [-0.1, -0.05) is 12.1 Å². The van der Waals surface area contributed by atoms with Crippen molar-refractivity contribution >= 4 is 11.7 Å². The first kappa shape index (κ1) is 10.2. The lowest BCUT2D eigenvalue weighted by molar-refractivity contribution is 0.0735. The summed E-state index contributed by atoms with van der Waals surface area (Å²) in [5.74, 6) is -0.0816. The lowest BCUT2D eigenvalue weighted by atomic mass is 10.2. The Morgan fingerprint density at radius 1 is 1.19 bits per heavy atom. The Bertz CT molecular complexity index is 497. The van der Waals surface area contributed by atoms with E-state index in [9.17, 15) is 4.79 Å². The lowest BCUT2D eigenvalue weighted by Gasteiger charge is -2.05. The first-order valence-electron chi connectivity index (χ1n) is 4.74. The summed E-state index contributed by atoms with van der Waals surface area (Å²) in [5.41, 5.74) is 6.41. The molecule has 1 aromatic carbocycles. The number of carbonyl (C=O) groups is 1.